The van der Waals surface area contributed by atoms with E-state index in [4.69, 9.17) is 9.97 Å². The highest BCUT2D eigenvalue weighted by atomic mass is 15.1. The van der Waals surface area contributed by atoms with Gasteiger partial charge in [-0.1, -0.05) is 140 Å². The van der Waals surface area contributed by atoms with E-state index in [0.29, 0.717) is 0 Å². The molecule has 0 aliphatic rings. The van der Waals surface area contributed by atoms with Crippen molar-refractivity contribution in [2.75, 3.05) is 0 Å². The Morgan fingerprint density at radius 2 is 1.06 bits per heavy atom. The van der Waals surface area contributed by atoms with Crippen LogP contribution < -0.4 is 0 Å². The molecule has 228 valence electrons. The Labute approximate surface area is 283 Å². The minimum absolute atomic E-state index is 0.933. The number of hydrogen-bond donors (Lipinski definition) is 0. The Morgan fingerprint density at radius 1 is 0.388 bits per heavy atom. The van der Waals surface area contributed by atoms with Crippen molar-refractivity contribution in [1.82, 2.24) is 14.5 Å². The summed E-state index contributed by atoms with van der Waals surface area (Å²) in [5, 5.41) is 8.46. The Bertz CT molecular complexity index is 2870. The van der Waals surface area contributed by atoms with E-state index in [1.54, 1.807) is 0 Å². The summed E-state index contributed by atoms with van der Waals surface area (Å²) in [6, 6.07) is 62.6. The third-order valence-electron chi connectivity index (χ3n) is 9.77. The van der Waals surface area contributed by atoms with Crippen molar-refractivity contribution in [3.8, 4) is 39.5 Å². The first-order valence-electron chi connectivity index (χ1n) is 16.7. The first-order chi connectivity index (χ1) is 24.3. The average Bonchev–Trinajstić information content (AvgIpc) is 3.57. The van der Waals surface area contributed by atoms with Gasteiger partial charge in [0.25, 0.3) is 0 Å². The number of pyridine rings is 1. The van der Waals surface area contributed by atoms with Gasteiger partial charge in [-0.15, -0.1) is 0 Å². The molecule has 0 aliphatic heterocycles. The molecule has 0 aliphatic carbocycles. The first kappa shape index (κ1) is 27.5. The van der Waals surface area contributed by atoms with E-state index in [1.807, 2.05) is 12.1 Å². The summed E-state index contributed by atoms with van der Waals surface area (Å²) in [4.78, 5) is 10.3. The number of rotatable bonds is 4. The molecule has 2 aromatic heterocycles. The summed E-state index contributed by atoms with van der Waals surface area (Å²) in [5.74, 6) is 0.933. The summed E-state index contributed by atoms with van der Waals surface area (Å²) in [5.41, 5.74) is 9.77. The fourth-order valence-corrected chi connectivity index (χ4v) is 7.47. The normalized spacial score (nSPS) is 11.7. The zero-order chi connectivity index (χ0) is 32.3. The van der Waals surface area contributed by atoms with Gasteiger partial charge in [-0.05, 0) is 69.1 Å². The maximum absolute atomic E-state index is 5.24. The van der Waals surface area contributed by atoms with Crippen LogP contribution in [0.5, 0.6) is 0 Å². The SMILES string of the molecule is c1ccc(-n2c(-c3ccc(-c4cccc5c4ccc4c(-c6ccc7ccccc7c6)nc6ccccc6c45)cc3)nc3ccccc32)cc1. The summed E-state index contributed by atoms with van der Waals surface area (Å²) >= 11 is 0. The maximum Gasteiger partial charge on any atom is 0.145 e. The van der Waals surface area contributed by atoms with Crippen LogP contribution in [-0.2, 0) is 0 Å². The third-order valence-corrected chi connectivity index (χ3v) is 9.77. The smallest absolute Gasteiger partial charge is 0.145 e. The third kappa shape index (κ3) is 4.44. The minimum atomic E-state index is 0.933. The first-order valence-corrected chi connectivity index (χ1v) is 16.7. The van der Waals surface area contributed by atoms with Crippen LogP contribution in [0.1, 0.15) is 0 Å². The zero-order valence-corrected chi connectivity index (χ0v) is 26.6. The van der Waals surface area contributed by atoms with Crippen LogP contribution in [0.4, 0.5) is 0 Å². The Morgan fingerprint density at radius 3 is 1.94 bits per heavy atom. The zero-order valence-electron chi connectivity index (χ0n) is 26.6. The van der Waals surface area contributed by atoms with E-state index < -0.39 is 0 Å². The Hall–Kier alpha value is -6.58. The summed E-state index contributed by atoms with van der Waals surface area (Å²) in [6.45, 7) is 0. The van der Waals surface area contributed by atoms with Crippen molar-refractivity contribution in [2.45, 2.75) is 0 Å². The molecule has 2 heterocycles. The van der Waals surface area contributed by atoms with E-state index in [1.165, 1.54) is 43.4 Å². The van der Waals surface area contributed by atoms with E-state index in [9.17, 15) is 0 Å². The highest BCUT2D eigenvalue weighted by Crippen LogP contribution is 2.41. The van der Waals surface area contributed by atoms with Gasteiger partial charge in [-0.25, -0.2) is 9.97 Å². The van der Waals surface area contributed by atoms with Gasteiger partial charge in [-0.2, -0.15) is 0 Å². The second kappa shape index (κ2) is 11.0. The number of nitrogens with zero attached hydrogens (tertiary/aromatic N) is 3. The summed E-state index contributed by atoms with van der Waals surface area (Å²) in [6.07, 6.45) is 0. The molecular formula is C46H29N3. The average molecular weight is 624 g/mol. The lowest BCUT2D eigenvalue weighted by molar-refractivity contribution is 1.10. The van der Waals surface area contributed by atoms with Crippen molar-refractivity contribution < 1.29 is 0 Å². The molecular weight excluding hydrogens is 595 g/mol. The number of fused-ring (bicyclic) bond motifs is 7. The summed E-state index contributed by atoms with van der Waals surface area (Å²) in [7, 11) is 0. The molecule has 8 aromatic carbocycles. The molecule has 0 bridgehead atoms. The van der Waals surface area contributed by atoms with Crippen LogP contribution in [0.3, 0.4) is 0 Å². The molecule has 0 N–H and O–H groups in total. The minimum Gasteiger partial charge on any atom is -0.292 e. The Balaban J connectivity index is 1.14. The van der Waals surface area contributed by atoms with Gasteiger partial charge in [0.05, 0.1) is 22.2 Å². The lowest BCUT2D eigenvalue weighted by Crippen LogP contribution is -1.97. The topological polar surface area (TPSA) is 30.7 Å². The molecule has 10 rings (SSSR count). The quantitative estimate of drug-likeness (QED) is 0.183. The van der Waals surface area contributed by atoms with Gasteiger partial charge in [0.2, 0.25) is 0 Å². The molecule has 0 saturated carbocycles. The lowest BCUT2D eigenvalue weighted by atomic mass is 9.91. The number of aromatic nitrogens is 3. The fourth-order valence-electron chi connectivity index (χ4n) is 7.47. The molecule has 0 spiro atoms. The molecule has 49 heavy (non-hydrogen) atoms. The van der Waals surface area contributed by atoms with E-state index >= 15 is 0 Å². The van der Waals surface area contributed by atoms with Crippen molar-refractivity contribution in [3.05, 3.63) is 176 Å². The van der Waals surface area contributed by atoms with Crippen LogP contribution in [0.15, 0.2) is 176 Å². The fraction of sp³-hybridized carbons (Fsp3) is 0. The van der Waals surface area contributed by atoms with Gasteiger partial charge in [0.15, 0.2) is 0 Å². The van der Waals surface area contributed by atoms with Crippen molar-refractivity contribution in [3.63, 3.8) is 0 Å². The molecule has 10 aromatic rings. The lowest BCUT2D eigenvalue weighted by Gasteiger charge is -2.15. The second-order valence-electron chi connectivity index (χ2n) is 12.6. The van der Waals surface area contributed by atoms with Crippen LogP contribution in [0.25, 0.3) is 93.7 Å². The van der Waals surface area contributed by atoms with Crippen LogP contribution in [0, 0.1) is 0 Å². The predicted molar refractivity (Wildman–Crippen MR) is 205 cm³/mol. The van der Waals surface area contributed by atoms with Crippen molar-refractivity contribution in [1.29, 1.82) is 0 Å². The van der Waals surface area contributed by atoms with Crippen LogP contribution in [0.2, 0.25) is 0 Å². The van der Waals surface area contributed by atoms with Gasteiger partial charge < -0.3 is 0 Å². The van der Waals surface area contributed by atoms with E-state index in [0.717, 1.165) is 50.3 Å². The number of para-hydroxylation sites is 4. The number of benzene rings is 8. The molecule has 0 radical (unpaired) electrons. The molecule has 3 heteroatoms. The standard InChI is InChI=1S/C46H29N3/c1-2-13-35(14-3-1)49-43-20-9-8-19-42(43)48-46(49)32-24-22-31(23-25-32)36-16-10-17-38-37(36)27-28-40-44(38)39-15-6-7-18-41(39)47-45(40)34-26-21-30-11-4-5-12-33(30)29-34/h1-29H. The van der Waals surface area contributed by atoms with Gasteiger partial charge >= 0.3 is 0 Å². The molecule has 0 saturated heterocycles. The molecule has 3 nitrogen and oxygen atoms in total. The van der Waals surface area contributed by atoms with Gasteiger partial charge in [0.1, 0.15) is 5.82 Å². The summed E-state index contributed by atoms with van der Waals surface area (Å²) < 4.78 is 2.25. The van der Waals surface area contributed by atoms with Crippen molar-refractivity contribution >= 4 is 54.3 Å². The predicted octanol–water partition coefficient (Wildman–Crippen LogP) is 12.0. The highest BCUT2D eigenvalue weighted by Gasteiger charge is 2.17. The van der Waals surface area contributed by atoms with Crippen LogP contribution in [-0.4, -0.2) is 14.5 Å². The van der Waals surface area contributed by atoms with E-state index in [2.05, 4.69) is 168 Å². The number of imidazole rings is 1. The van der Waals surface area contributed by atoms with E-state index in [-0.39, 0.29) is 0 Å². The molecule has 0 fully saturated rings. The van der Waals surface area contributed by atoms with Gasteiger partial charge in [0, 0.05) is 33.0 Å². The maximum atomic E-state index is 5.24. The molecule has 0 unspecified atom stereocenters. The molecule has 0 atom stereocenters. The largest absolute Gasteiger partial charge is 0.292 e. The van der Waals surface area contributed by atoms with Gasteiger partial charge in [-0.3, -0.25) is 4.57 Å². The van der Waals surface area contributed by atoms with Crippen LogP contribution >= 0.6 is 0 Å². The number of hydrogen-bond acceptors (Lipinski definition) is 2. The molecule has 0 amide bonds. The monoisotopic (exact) mass is 623 g/mol. The second-order valence-corrected chi connectivity index (χ2v) is 12.6. The highest BCUT2D eigenvalue weighted by molar-refractivity contribution is 6.24. The van der Waals surface area contributed by atoms with Crippen molar-refractivity contribution in [2.24, 2.45) is 0 Å². The Kier molecular flexibility index (Phi) is 6.18.